The third kappa shape index (κ3) is 3.35. The Hall–Kier alpha value is -2.38. The Balaban J connectivity index is 1.83. The average molecular weight is 349 g/mol. The molecule has 6 nitrogen and oxygen atoms in total. The Morgan fingerprint density at radius 3 is 2.26 bits per heavy atom. The van der Waals surface area contributed by atoms with Crippen LogP contribution in [0.1, 0.15) is 0 Å². The molecule has 3 aromatic rings. The lowest BCUT2D eigenvalue weighted by molar-refractivity contribution is 0.601. The van der Waals surface area contributed by atoms with Crippen molar-refractivity contribution >= 4 is 27.3 Å². The van der Waals surface area contributed by atoms with Crippen LogP contribution in [0.15, 0.2) is 59.8 Å². The predicted molar refractivity (Wildman–Crippen MR) is 88.7 cm³/mol. The summed E-state index contributed by atoms with van der Waals surface area (Å²) in [6.45, 7) is 0. The van der Waals surface area contributed by atoms with Gasteiger partial charge in [0.25, 0.3) is 10.0 Å². The Kier molecular flexibility index (Phi) is 4.06. The van der Waals surface area contributed by atoms with E-state index in [1.165, 1.54) is 24.3 Å². The van der Waals surface area contributed by atoms with Crippen LogP contribution in [0.25, 0.3) is 11.4 Å². The van der Waals surface area contributed by atoms with E-state index in [1.807, 2.05) is 7.05 Å². The van der Waals surface area contributed by atoms with Crippen molar-refractivity contribution in [3.05, 3.63) is 59.9 Å². The van der Waals surface area contributed by atoms with E-state index in [-0.39, 0.29) is 4.90 Å². The molecular formula is C15H13ClN4O2S. The van der Waals surface area contributed by atoms with E-state index < -0.39 is 10.0 Å². The van der Waals surface area contributed by atoms with E-state index in [0.717, 1.165) is 5.56 Å². The van der Waals surface area contributed by atoms with E-state index >= 15 is 0 Å². The highest BCUT2D eigenvalue weighted by Crippen LogP contribution is 2.21. The summed E-state index contributed by atoms with van der Waals surface area (Å²) in [4.78, 5) is 0.152. The van der Waals surface area contributed by atoms with Crippen molar-refractivity contribution in [1.29, 1.82) is 0 Å². The van der Waals surface area contributed by atoms with Gasteiger partial charge < -0.3 is 4.57 Å². The summed E-state index contributed by atoms with van der Waals surface area (Å²) >= 11 is 5.77. The molecule has 0 saturated heterocycles. The number of anilines is 1. The van der Waals surface area contributed by atoms with Crippen LogP contribution in [0.4, 0.5) is 5.69 Å². The van der Waals surface area contributed by atoms with E-state index in [2.05, 4.69) is 14.9 Å². The SMILES string of the molecule is Cn1cnnc1-c1ccc(NS(=O)(=O)c2ccc(Cl)cc2)cc1. The zero-order chi connectivity index (χ0) is 16.4. The number of nitrogens with zero attached hydrogens (tertiary/aromatic N) is 3. The molecule has 0 fully saturated rings. The van der Waals surface area contributed by atoms with Gasteiger partial charge in [0.1, 0.15) is 6.33 Å². The number of nitrogens with one attached hydrogen (secondary N) is 1. The maximum atomic E-state index is 12.3. The molecule has 1 N–H and O–H groups in total. The van der Waals surface area contributed by atoms with Gasteiger partial charge in [-0.1, -0.05) is 11.6 Å². The number of hydrogen-bond acceptors (Lipinski definition) is 4. The minimum atomic E-state index is -3.65. The van der Waals surface area contributed by atoms with Crippen LogP contribution < -0.4 is 4.72 Å². The maximum Gasteiger partial charge on any atom is 0.261 e. The Morgan fingerprint density at radius 2 is 1.70 bits per heavy atom. The Bertz CT molecular complexity index is 919. The molecule has 0 aliphatic heterocycles. The number of hydrogen-bond donors (Lipinski definition) is 1. The van der Waals surface area contributed by atoms with Crippen LogP contribution in [0.5, 0.6) is 0 Å². The lowest BCUT2D eigenvalue weighted by Gasteiger charge is -2.09. The first kappa shape index (κ1) is 15.5. The Morgan fingerprint density at radius 1 is 1.04 bits per heavy atom. The van der Waals surface area contributed by atoms with Crippen molar-refractivity contribution in [3.63, 3.8) is 0 Å². The van der Waals surface area contributed by atoms with Crippen LogP contribution in [-0.2, 0) is 17.1 Å². The van der Waals surface area contributed by atoms with Crippen LogP contribution in [0.3, 0.4) is 0 Å². The van der Waals surface area contributed by atoms with E-state index in [9.17, 15) is 8.42 Å². The second-order valence-electron chi connectivity index (χ2n) is 4.90. The second-order valence-corrected chi connectivity index (χ2v) is 7.02. The minimum absolute atomic E-state index is 0.152. The average Bonchev–Trinajstić information content (AvgIpc) is 2.94. The summed E-state index contributed by atoms with van der Waals surface area (Å²) in [7, 11) is -1.81. The van der Waals surface area contributed by atoms with Gasteiger partial charge in [-0.2, -0.15) is 0 Å². The summed E-state index contributed by atoms with van der Waals surface area (Å²) in [5.41, 5.74) is 1.31. The first-order chi connectivity index (χ1) is 11.0. The zero-order valence-electron chi connectivity index (χ0n) is 12.1. The highest BCUT2D eigenvalue weighted by Gasteiger charge is 2.14. The highest BCUT2D eigenvalue weighted by molar-refractivity contribution is 7.92. The molecule has 0 saturated carbocycles. The molecule has 8 heteroatoms. The molecule has 1 heterocycles. The first-order valence-corrected chi connectivity index (χ1v) is 8.55. The van der Waals surface area contributed by atoms with Crippen LogP contribution in [0.2, 0.25) is 5.02 Å². The van der Waals surface area contributed by atoms with E-state index in [1.54, 1.807) is 35.2 Å². The van der Waals surface area contributed by atoms with Gasteiger partial charge in [-0.15, -0.1) is 10.2 Å². The molecule has 0 amide bonds. The normalized spacial score (nSPS) is 11.4. The summed E-state index contributed by atoms with van der Waals surface area (Å²) < 4.78 is 28.9. The van der Waals surface area contributed by atoms with Crippen LogP contribution in [0, 0.1) is 0 Å². The summed E-state index contributed by atoms with van der Waals surface area (Å²) in [5.74, 6) is 0.706. The van der Waals surface area contributed by atoms with Gasteiger partial charge in [0.2, 0.25) is 0 Å². The molecule has 0 spiro atoms. The van der Waals surface area contributed by atoms with Crippen molar-refractivity contribution in [3.8, 4) is 11.4 Å². The monoisotopic (exact) mass is 348 g/mol. The van der Waals surface area contributed by atoms with Crippen molar-refractivity contribution in [2.45, 2.75) is 4.90 Å². The molecule has 2 aromatic carbocycles. The van der Waals surface area contributed by atoms with Crippen molar-refractivity contribution in [2.75, 3.05) is 4.72 Å². The first-order valence-electron chi connectivity index (χ1n) is 6.68. The zero-order valence-corrected chi connectivity index (χ0v) is 13.7. The van der Waals surface area contributed by atoms with Gasteiger partial charge in [-0.3, -0.25) is 4.72 Å². The van der Waals surface area contributed by atoms with Crippen molar-refractivity contribution in [1.82, 2.24) is 14.8 Å². The molecule has 3 rings (SSSR count). The van der Waals surface area contributed by atoms with Gasteiger partial charge >= 0.3 is 0 Å². The smallest absolute Gasteiger partial charge is 0.261 e. The number of sulfonamides is 1. The maximum absolute atomic E-state index is 12.3. The summed E-state index contributed by atoms with van der Waals surface area (Å²) in [6.07, 6.45) is 1.60. The molecule has 0 atom stereocenters. The molecule has 118 valence electrons. The standard InChI is InChI=1S/C15H13ClN4O2S/c1-20-10-17-18-15(20)11-2-6-13(7-3-11)19-23(21,22)14-8-4-12(16)5-9-14/h2-10,19H,1H3. The van der Waals surface area contributed by atoms with Crippen LogP contribution >= 0.6 is 11.6 Å². The third-order valence-electron chi connectivity index (χ3n) is 3.23. The molecule has 1 aromatic heterocycles. The largest absolute Gasteiger partial charge is 0.317 e. The number of halogens is 1. The van der Waals surface area contributed by atoms with Gasteiger partial charge in [0.05, 0.1) is 4.90 Å². The number of benzene rings is 2. The highest BCUT2D eigenvalue weighted by atomic mass is 35.5. The number of aryl methyl sites for hydroxylation is 1. The minimum Gasteiger partial charge on any atom is -0.317 e. The molecule has 0 aliphatic carbocycles. The molecule has 0 aliphatic rings. The molecule has 0 unspecified atom stereocenters. The fourth-order valence-corrected chi connectivity index (χ4v) is 3.24. The number of aromatic nitrogens is 3. The van der Waals surface area contributed by atoms with Gasteiger partial charge in [0, 0.05) is 23.3 Å². The molecule has 0 radical (unpaired) electrons. The van der Waals surface area contributed by atoms with Gasteiger partial charge in [-0.05, 0) is 48.5 Å². The van der Waals surface area contributed by atoms with Crippen molar-refractivity contribution in [2.24, 2.45) is 7.05 Å². The van der Waals surface area contributed by atoms with Gasteiger partial charge in [0.15, 0.2) is 5.82 Å². The molecular weight excluding hydrogens is 336 g/mol. The summed E-state index contributed by atoms with van der Waals surface area (Å²) in [6, 6.07) is 12.9. The lowest BCUT2D eigenvalue weighted by Crippen LogP contribution is -2.12. The molecule has 0 bridgehead atoms. The lowest BCUT2D eigenvalue weighted by atomic mass is 10.2. The van der Waals surface area contributed by atoms with Crippen molar-refractivity contribution < 1.29 is 8.42 Å². The van der Waals surface area contributed by atoms with E-state index in [0.29, 0.717) is 16.5 Å². The third-order valence-corrected chi connectivity index (χ3v) is 4.88. The summed E-state index contributed by atoms with van der Waals surface area (Å²) in [5, 5.41) is 8.31. The van der Waals surface area contributed by atoms with Gasteiger partial charge in [-0.25, -0.2) is 8.42 Å². The second kappa shape index (κ2) is 6.02. The quantitative estimate of drug-likeness (QED) is 0.786. The van der Waals surface area contributed by atoms with E-state index in [4.69, 9.17) is 11.6 Å². The topological polar surface area (TPSA) is 76.9 Å². The molecule has 23 heavy (non-hydrogen) atoms. The van der Waals surface area contributed by atoms with Crippen LogP contribution in [-0.4, -0.2) is 23.2 Å². The number of rotatable bonds is 4. The fourth-order valence-electron chi connectivity index (χ4n) is 2.06. The predicted octanol–water partition coefficient (Wildman–Crippen LogP) is 2.94. The Labute approximate surface area is 138 Å². The fraction of sp³-hybridized carbons (Fsp3) is 0.0667.